The average Bonchev–Trinajstić information content (AvgIpc) is 2.99. The highest BCUT2D eigenvalue weighted by Gasteiger charge is 2.51. The third-order valence-corrected chi connectivity index (χ3v) is 5.03. The van der Waals surface area contributed by atoms with Crippen LogP contribution < -0.4 is 10.6 Å². The number of esters is 1. The smallest absolute Gasteiger partial charge is 0.327 e. The van der Waals surface area contributed by atoms with Gasteiger partial charge in [0, 0.05) is 5.69 Å². The van der Waals surface area contributed by atoms with Gasteiger partial charge >= 0.3 is 12.0 Å². The van der Waals surface area contributed by atoms with E-state index < -0.39 is 47.8 Å². The molecule has 9 heteroatoms. The van der Waals surface area contributed by atoms with Gasteiger partial charge < -0.3 is 15.4 Å². The summed E-state index contributed by atoms with van der Waals surface area (Å²) in [5.74, 6) is -2.70. The zero-order valence-electron chi connectivity index (χ0n) is 17.1. The van der Waals surface area contributed by atoms with E-state index >= 15 is 0 Å². The van der Waals surface area contributed by atoms with E-state index in [1.807, 2.05) is 0 Å². The first-order valence-electron chi connectivity index (χ1n) is 9.72. The lowest BCUT2D eigenvalue weighted by Crippen LogP contribution is -2.44. The molecule has 1 heterocycles. The number of nitrogens with one attached hydrogen (secondary N) is 2. The maximum atomic E-state index is 13.2. The third-order valence-electron chi connectivity index (χ3n) is 5.03. The normalized spacial score (nSPS) is 19.0. The second-order valence-corrected chi connectivity index (χ2v) is 7.08. The lowest BCUT2D eigenvalue weighted by atomic mass is 9.87. The van der Waals surface area contributed by atoms with Gasteiger partial charge in [0.15, 0.2) is 6.10 Å². The standard InChI is InChI=1S/C22H22FN3O5/c1-3-22(15-8-5-4-6-9-15)20(29)26(21(30)25-22)13-18(27)31-14(2)19(28)24-17-11-7-10-16(23)12-17/h4-12,14H,3,13H2,1-2H3,(H,24,28)(H,25,30). The van der Waals surface area contributed by atoms with Gasteiger partial charge in [0.05, 0.1) is 0 Å². The molecule has 0 saturated carbocycles. The molecule has 1 fully saturated rings. The Morgan fingerprint density at radius 3 is 2.52 bits per heavy atom. The van der Waals surface area contributed by atoms with Crippen LogP contribution in [0.1, 0.15) is 25.8 Å². The van der Waals surface area contributed by atoms with Crippen LogP contribution in [0.15, 0.2) is 54.6 Å². The first kappa shape index (κ1) is 21.9. The quantitative estimate of drug-likeness (QED) is 0.522. The molecule has 4 amide bonds. The van der Waals surface area contributed by atoms with Crippen molar-refractivity contribution in [1.29, 1.82) is 0 Å². The molecule has 1 aliphatic heterocycles. The summed E-state index contributed by atoms with van der Waals surface area (Å²) in [6, 6.07) is 13.3. The third kappa shape index (κ3) is 4.55. The summed E-state index contributed by atoms with van der Waals surface area (Å²) in [4.78, 5) is 50.7. The number of amides is 4. The van der Waals surface area contributed by atoms with Crippen molar-refractivity contribution in [3.05, 3.63) is 66.0 Å². The van der Waals surface area contributed by atoms with Crippen molar-refractivity contribution in [1.82, 2.24) is 10.2 Å². The maximum absolute atomic E-state index is 13.2. The number of halogens is 1. The van der Waals surface area contributed by atoms with Gasteiger partial charge in [0.1, 0.15) is 17.9 Å². The molecule has 2 aromatic rings. The summed E-state index contributed by atoms with van der Waals surface area (Å²) in [6.45, 7) is 2.45. The van der Waals surface area contributed by atoms with Crippen molar-refractivity contribution < 1.29 is 28.3 Å². The number of imide groups is 1. The summed E-state index contributed by atoms with van der Waals surface area (Å²) in [5.41, 5.74) is -0.453. The number of rotatable bonds is 7. The van der Waals surface area contributed by atoms with E-state index in [-0.39, 0.29) is 5.69 Å². The summed E-state index contributed by atoms with van der Waals surface area (Å²) in [7, 11) is 0. The van der Waals surface area contributed by atoms with Crippen LogP contribution in [0.4, 0.5) is 14.9 Å². The molecule has 31 heavy (non-hydrogen) atoms. The van der Waals surface area contributed by atoms with Crippen molar-refractivity contribution in [2.24, 2.45) is 0 Å². The Morgan fingerprint density at radius 2 is 1.87 bits per heavy atom. The maximum Gasteiger partial charge on any atom is 0.327 e. The number of carbonyl (C=O) groups is 4. The van der Waals surface area contributed by atoms with Gasteiger partial charge in [-0.2, -0.15) is 0 Å². The van der Waals surface area contributed by atoms with E-state index in [1.165, 1.54) is 25.1 Å². The number of nitrogens with zero attached hydrogens (tertiary/aromatic N) is 1. The minimum atomic E-state index is -1.26. The Morgan fingerprint density at radius 1 is 1.16 bits per heavy atom. The Hall–Kier alpha value is -3.75. The molecule has 2 unspecified atom stereocenters. The van der Waals surface area contributed by atoms with Crippen LogP contribution in [-0.2, 0) is 24.7 Å². The van der Waals surface area contributed by atoms with E-state index in [1.54, 1.807) is 37.3 Å². The van der Waals surface area contributed by atoms with Crippen molar-refractivity contribution in [3.63, 3.8) is 0 Å². The molecule has 2 aromatic carbocycles. The lowest BCUT2D eigenvalue weighted by molar-refractivity contribution is -0.155. The van der Waals surface area contributed by atoms with Crippen LogP contribution in [0, 0.1) is 5.82 Å². The van der Waals surface area contributed by atoms with E-state index in [9.17, 15) is 23.6 Å². The number of hydrogen-bond acceptors (Lipinski definition) is 5. The molecular weight excluding hydrogens is 405 g/mol. The summed E-state index contributed by atoms with van der Waals surface area (Å²) < 4.78 is 18.3. The first-order chi connectivity index (χ1) is 14.8. The van der Waals surface area contributed by atoms with Crippen LogP contribution in [0.3, 0.4) is 0 Å². The monoisotopic (exact) mass is 427 g/mol. The highest BCUT2D eigenvalue weighted by Crippen LogP contribution is 2.32. The van der Waals surface area contributed by atoms with Crippen LogP contribution in [0.5, 0.6) is 0 Å². The van der Waals surface area contributed by atoms with Crippen LogP contribution >= 0.6 is 0 Å². The fourth-order valence-corrected chi connectivity index (χ4v) is 3.36. The molecule has 0 aliphatic carbocycles. The van der Waals surface area contributed by atoms with Crippen molar-refractivity contribution >= 4 is 29.5 Å². The van der Waals surface area contributed by atoms with Crippen LogP contribution in [0.2, 0.25) is 0 Å². The molecule has 2 atom stereocenters. The van der Waals surface area contributed by atoms with E-state index in [2.05, 4.69) is 10.6 Å². The van der Waals surface area contributed by atoms with Gasteiger partial charge in [-0.1, -0.05) is 43.3 Å². The predicted molar refractivity (Wildman–Crippen MR) is 109 cm³/mol. The Balaban J connectivity index is 1.64. The van der Waals surface area contributed by atoms with Gasteiger partial charge in [-0.15, -0.1) is 0 Å². The van der Waals surface area contributed by atoms with E-state index in [4.69, 9.17) is 4.74 Å². The molecule has 2 N–H and O–H groups in total. The lowest BCUT2D eigenvalue weighted by Gasteiger charge is -2.25. The summed E-state index contributed by atoms with van der Waals surface area (Å²) in [5, 5.41) is 5.09. The number of anilines is 1. The SMILES string of the molecule is CCC1(c2ccccc2)NC(=O)N(CC(=O)OC(C)C(=O)Nc2cccc(F)c2)C1=O. The van der Waals surface area contributed by atoms with E-state index in [0.717, 1.165) is 11.0 Å². The van der Waals surface area contributed by atoms with Gasteiger partial charge in [-0.25, -0.2) is 9.18 Å². The van der Waals surface area contributed by atoms with Crippen molar-refractivity contribution in [2.45, 2.75) is 31.9 Å². The number of urea groups is 1. The molecule has 8 nitrogen and oxygen atoms in total. The van der Waals surface area contributed by atoms with Crippen molar-refractivity contribution in [2.75, 3.05) is 11.9 Å². The second kappa shape index (κ2) is 8.95. The Kier molecular flexibility index (Phi) is 6.33. The first-order valence-corrected chi connectivity index (χ1v) is 9.72. The highest BCUT2D eigenvalue weighted by molar-refractivity contribution is 6.09. The summed E-state index contributed by atoms with van der Waals surface area (Å²) >= 11 is 0. The molecule has 0 aromatic heterocycles. The zero-order chi connectivity index (χ0) is 22.6. The molecule has 162 valence electrons. The molecule has 0 radical (unpaired) electrons. The largest absolute Gasteiger partial charge is 0.451 e. The minimum Gasteiger partial charge on any atom is -0.451 e. The number of ether oxygens (including phenoxy) is 1. The summed E-state index contributed by atoms with van der Waals surface area (Å²) in [6.07, 6.45) is -0.930. The predicted octanol–water partition coefficient (Wildman–Crippen LogP) is 2.55. The number of carbonyl (C=O) groups excluding carboxylic acids is 4. The van der Waals surface area contributed by atoms with Gasteiger partial charge in [-0.05, 0) is 37.1 Å². The second-order valence-electron chi connectivity index (χ2n) is 7.08. The molecule has 1 aliphatic rings. The Labute approximate surface area is 178 Å². The molecular formula is C22H22FN3O5. The number of benzene rings is 2. The molecule has 0 spiro atoms. The molecule has 3 rings (SSSR count). The van der Waals surface area contributed by atoms with Gasteiger partial charge in [0.25, 0.3) is 11.8 Å². The fourth-order valence-electron chi connectivity index (χ4n) is 3.36. The van der Waals surface area contributed by atoms with Crippen LogP contribution in [0.25, 0.3) is 0 Å². The van der Waals surface area contributed by atoms with Gasteiger partial charge in [-0.3, -0.25) is 19.3 Å². The molecule has 0 bridgehead atoms. The fraction of sp³-hybridized carbons (Fsp3) is 0.273. The number of hydrogen-bond donors (Lipinski definition) is 2. The molecule has 1 saturated heterocycles. The van der Waals surface area contributed by atoms with E-state index in [0.29, 0.717) is 12.0 Å². The Bertz CT molecular complexity index is 1010. The van der Waals surface area contributed by atoms with Crippen molar-refractivity contribution in [3.8, 4) is 0 Å². The topological polar surface area (TPSA) is 105 Å². The van der Waals surface area contributed by atoms with Gasteiger partial charge in [0.2, 0.25) is 0 Å². The van der Waals surface area contributed by atoms with Crippen LogP contribution in [-0.4, -0.2) is 41.4 Å². The highest BCUT2D eigenvalue weighted by atomic mass is 19.1. The minimum absolute atomic E-state index is 0.206. The zero-order valence-corrected chi connectivity index (χ0v) is 17.1. The average molecular weight is 427 g/mol.